The van der Waals surface area contributed by atoms with Gasteiger partial charge in [-0.15, -0.1) is 0 Å². The van der Waals surface area contributed by atoms with E-state index in [2.05, 4.69) is 24.8 Å². The van der Waals surface area contributed by atoms with E-state index in [4.69, 9.17) is 12.2 Å². The van der Waals surface area contributed by atoms with Gasteiger partial charge in [-0.05, 0) is 43.7 Å². The molecule has 3 rings (SSSR count). The van der Waals surface area contributed by atoms with E-state index in [0.717, 1.165) is 50.2 Å². The van der Waals surface area contributed by atoms with E-state index >= 15 is 0 Å². The highest BCUT2D eigenvalue weighted by atomic mass is 32.2. The molecular weight excluding hydrogens is 416 g/mol. The number of nitriles is 1. The number of hydrogen-bond donors (Lipinski definition) is 0. The molecule has 160 valence electrons. The van der Waals surface area contributed by atoms with Crippen molar-refractivity contribution in [2.45, 2.75) is 46.5 Å². The van der Waals surface area contributed by atoms with E-state index in [1.54, 1.807) is 23.4 Å². The predicted octanol–water partition coefficient (Wildman–Crippen LogP) is 3.80. The van der Waals surface area contributed by atoms with Gasteiger partial charge in [-0.2, -0.15) is 5.26 Å². The van der Waals surface area contributed by atoms with E-state index in [-0.39, 0.29) is 17.0 Å². The highest BCUT2D eigenvalue weighted by molar-refractivity contribution is 8.26. The number of carbonyl (C=O) groups is 1. The maximum atomic E-state index is 13.0. The molecule has 1 amide bonds. The smallest absolute Gasteiger partial charge is 0.270 e. The molecule has 2 saturated heterocycles. The minimum absolute atomic E-state index is 0.0943. The topological polar surface area (TPSA) is 69.3 Å². The lowest BCUT2D eigenvalue weighted by Crippen LogP contribution is -2.39. The number of carbonyl (C=O) groups excluding carboxylic acids is 1. The third-order valence-corrected chi connectivity index (χ3v) is 7.19. The second kappa shape index (κ2) is 9.36. The first-order chi connectivity index (χ1) is 14.3. The maximum absolute atomic E-state index is 13.0. The summed E-state index contributed by atoms with van der Waals surface area (Å²) in [6.07, 6.45) is 5.92. The van der Waals surface area contributed by atoms with Gasteiger partial charge >= 0.3 is 0 Å². The molecule has 1 aromatic rings. The Morgan fingerprint density at radius 1 is 1.37 bits per heavy atom. The number of hydrogen-bond acceptors (Lipinski definition) is 6. The molecule has 2 fully saturated rings. The zero-order valence-electron chi connectivity index (χ0n) is 18.0. The Hall–Kier alpha value is -2.11. The number of piperidine rings is 1. The average molecular weight is 445 g/mol. The zero-order valence-corrected chi connectivity index (χ0v) is 19.7. The first kappa shape index (κ1) is 22.6. The van der Waals surface area contributed by atoms with Gasteiger partial charge in [-0.25, -0.2) is 0 Å². The van der Waals surface area contributed by atoms with E-state index in [9.17, 15) is 14.9 Å². The summed E-state index contributed by atoms with van der Waals surface area (Å²) in [7, 11) is 1.71. The van der Waals surface area contributed by atoms with Crippen LogP contribution < -0.4 is 10.5 Å². The summed E-state index contributed by atoms with van der Waals surface area (Å²) in [5.74, 6) is 1.20. The van der Waals surface area contributed by atoms with Crippen LogP contribution in [0.3, 0.4) is 0 Å². The molecule has 0 aliphatic carbocycles. The summed E-state index contributed by atoms with van der Waals surface area (Å²) in [5, 5.41) is 9.59. The van der Waals surface area contributed by atoms with E-state index in [0.29, 0.717) is 27.3 Å². The molecule has 0 saturated carbocycles. The third kappa shape index (κ3) is 4.19. The molecule has 3 heterocycles. The largest absolute Gasteiger partial charge is 0.357 e. The van der Waals surface area contributed by atoms with Gasteiger partial charge in [-0.1, -0.05) is 44.2 Å². The first-order valence-corrected chi connectivity index (χ1v) is 11.7. The number of thioether (sulfide) groups is 1. The van der Waals surface area contributed by atoms with Gasteiger partial charge in [0.1, 0.15) is 21.8 Å². The number of amides is 1. The maximum Gasteiger partial charge on any atom is 0.270 e. The van der Waals surface area contributed by atoms with Crippen LogP contribution in [-0.4, -0.2) is 39.3 Å². The van der Waals surface area contributed by atoms with Crippen LogP contribution in [0.4, 0.5) is 5.82 Å². The molecule has 0 spiro atoms. The van der Waals surface area contributed by atoms with E-state index < -0.39 is 0 Å². The van der Waals surface area contributed by atoms with Crippen LogP contribution in [0, 0.1) is 24.2 Å². The minimum atomic E-state index is -0.295. The lowest BCUT2D eigenvalue weighted by Gasteiger charge is -2.35. The van der Waals surface area contributed by atoms with Crippen molar-refractivity contribution in [3.8, 4) is 6.07 Å². The number of thiocarbonyl (C=S) groups is 1. The van der Waals surface area contributed by atoms with Crippen molar-refractivity contribution < 1.29 is 4.79 Å². The number of pyridine rings is 1. The summed E-state index contributed by atoms with van der Waals surface area (Å²) in [6.45, 7) is 8.39. The molecule has 2 aliphatic heterocycles. The van der Waals surface area contributed by atoms with Crippen molar-refractivity contribution in [2.24, 2.45) is 13.0 Å². The van der Waals surface area contributed by atoms with Gasteiger partial charge in [0.05, 0.1) is 4.91 Å². The van der Waals surface area contributed by atoms with Crippen LogP contribution >= 0.6 is 24.0 Å². The van der Waals surface area contributed by atoms with Crippen molar-refractivity contribution >= 4 is 46.1 Å². The first-order valence-electron chi connectivity index (χ1n) is 10.4. The number of rotatable bonds is 5. The molecule has 2 aliphatic rings. The number of unbranched alkanes of at least 4 members (excludes halogenated alkanes) is 1. The Kier molecular flexibility index (Phi) is 7.04. The Labute approximate surface area is 187 Å². The Morgan fingerprint density at radius 2 is 2.10 bits per heavy atom. The summed E-state index contributed by atoms with van der Waals surface area (Å²) < 4.78 is 2.13. The van der Waals surface area contributed by atoms with Crippen LogP contribution in [0.2, 0.25) is 0 Å². The summed E-state index contributed by atoms with van der Waals surface area (Å²) in [6, 6.07) is 2.06. The number of anilines is 1. The van der Waals surface area contributed by atoms with Gasteiger partial charge in [0, 0.05) is 32.2 Å². The highest BCUT2D eigenvalue weighted by Crippen LogP contribution is 2.36. The summed E-state index contributed by atoms with van der Waals surface area (Å²) in [4.78, 5) is 30.2. The molecular formula is C22H28N4O2S2. The van der Waals surface area contributed by atoms with Gasteiger partial charge in [-0.3, -0.25) is 19.1 Å². The number of nitrogens with zero attached hydrogens (tertiary/aromatic N) is 4. The van der Waals surface area contributed by atoms with Crippen molar-refractivity contribution in [1.82, 2.24) is 9.47 Å². The Morgan fingerprint density at radius 3 is 2.73 bits per heavy atom. The Bertz CT molecular complexity index is 1010. The van der Waals surface area contributed by atoms with Gasteiger partial charge < -0.3 is 4.90 Å². The van der Waals surface area contributed by atoms with E-state index in [1.165, 1.54) is 11.8 Å². The Balaban J connectivity index is 2.14. The van der Waals surface area contributed by atoms with Gasteiger partial charge in [0.25, 0.3) is 11.5 Å². The zero-order chi connectivity index (χ0) is 22.0. The molecule has 0 radical (unpaired) electrons. The standard InChI is InChI=1S/C22H28N4O2S2/c1-5-6-10-26-21(28)18(30-22(26)29)11-16-15(3)17(12-23)20(27)24(4)19(16)25-9-7-8-14(2)13-25/h11,14H,5-10,13H2,1-4H3/b18-11+. The third-order valence-electron chi connectivity index (χ3n) is 5.81. The van der Waals surface area contributed by atoms with Crippen LogP contribution in [0.25, 0.3) is 6.08 Å². The summed E-state index contributed by atoms with van der Waals surface area (Å²) in [5.41, 5.74) is 1.21. The second-order valence-electron chi connectivity index (χ2n) is 8.09. The van der Waals surface area contributed by atoms with Crippen molar-refractivity contribution in [2.75, 3.05) is 24.5 Å². The van der Waals surface area contributed by atoms with Crippen LogP contribution in [0.15, 0.2) is 9.70 Å². The van der Waals surface area contributed by atoms with E-state index in [1.807, 2.05) is 6.08 Å². The molecule has 1 unspecified atom stereocenters. The average Bonchev–Trinajstić information content (AvgIpc) is 2.98. The SMILES string of the molecule is CCCCN1C(=O)/C(=C\c2c(C)c(C#N)c(=O)n(C)c2N2CCCC(C)C2)SC1=S. The van der Waals surface area contributed by atoms with Crippen molar-refractivity contribution in [3.63, 3.8) is 0 Å². The molecule has 8 heteroatoms. The molecule has 6 nitrogen and oxygen atoms in total. The fourth-order valence-electron chi connectivity index (χ4n) is 4.12. The lowest BCUT2D eigenvalue weighted by atomic mass is 9.98. The van der Waals surface area contributed by atoms with Gasteiger partial charge in [0.2, 0.25) is 0 Å². The molecule has 0 aromatic carbocycles. The van der Waals surface area contributed by atoms with Crippen molar-refractivity contribution in [1.29, 1.82) is 5.26 Å². The fourth-order valence-corrected chi connectivity index (χ4v) is 5.41. The van der Waals surface area contributed by atoms with Gasteiger partial charge in [0.15, 0.2) is 0 Å². The molecule has 0 bridgehead atoms. The second-order valence-corrected chi connectivity index (χ2v) is 9.77. The number of aromatic nitrogens is 1. The normalized spacial score (nSPS) is 20.9. The molecule has 1 atom stereocenters. The highest BCUT2D eigenvalue weighted by Gasteiger charge is 2.33. The molecule has 30 heavy (non-hydrogen) atoms. The molecule has 1 aromatic heterocycles. The van der Waals surface area contributed by atoms with Crippen molar-refractivity contribution in [3.05, 3.63) is 31.9 Å². The lowest BCUT2D eigenvalue weighted by molar-refractivity contribution is -0.122. The predicted molar refractivity (Wildman–Crippen MR) is 127 cm³/mol. The molecule has 0 N–H and O–H groups in total. The van der Waals surface area contributed by atoms with Crippen LogP contribution in [-0.2, 0) is 11.8 Å². The quantitative estimate of drug-likeness (QED) is 0.508. The minimum Gasteiger partial charge on any atom is -0.357 e. The summed E-state index contributed by atoms with van der Waals surface area (Å²) >= 11 is 6.73. The monoisotopic (exact) mass is 444 g/mol. The fraction of sp³-hybridized carbons (Fsp3) is 0.545. The van der Waals surface area contributed by atoms with Crippen LogP contribution in [0.1, 0.15) is 56.2 Å². The van der Waals surface area contributed by atoms with Crippen LogP contribution in [0.5, 0.6) is 0 Å².